The lowest BCUT2D eigenvalue weighted by Gasteiger charge is -2.09. The lowest BCUT2D eigenvalue weighted by atomic mass is 10.2. The molecule has 1 aromatic carbocycles. The van der Waals surface area contributed by atoms with Crippen LogP contribution in [0, 0.1) is 17.0 Å². The van der Waals surface area contributed by atoms with Gasteiger partial charge in [-0.3, -0.25) is 10.1 Å². The fourth-order valence-corrected chi connectivity index (χ4v) is 2.14. The van der Waals surface area contributed by atoms with Crippen molar-refractivity contribution in [2.24, 2.45) is 0 Å². The second-order valence-corrected chi connectivity index (χ2v) is 4.82. The summed E-state index contributed by atoms with van der Waals surface area (Å²) in [6, 6.07) is 8.63. The highest BCUT2D eigenvalue weighted by atomic mass is 79.9. The van der Waals surface area contributed by atoms with Crippen LogP contribution in [0.1, 0.15) is 5.56 Å². The smallest absolute Gasteiger partial charge is 0.311 e. The maximum Gasteiger partial charge on any atom is 0.311 e. The summed E-state index contributed by atoms with van der Waals surface area (Å²) >= 11 is 3.43. The van der Waals surface area contributed by atoms with Gasteiger partial charge in [0.2, 0.25) is 5.82 Å². The standard InChI is InChI=1S/C12H11BrN4O2/c1-7-2-3-9(8(13)6-7)15-11-5-4-10(17(18)19)12(14)16-11/h2-6H,1H3,(H3,14,15,16). The topological polar surface area (TPSA) is 94.1 Å². The summed E-state index contributed by atoms with van der Waals surface area (Å²) in [6.45, 7) is 1.98. The number of nitro groups is 1. The summed E-state index contributed by atoms with van der Waals surface area (Å²) in [4.78, 5) is 14.0. The van der Waals surface area contributed by atoms with E-state index >= 15 is 0 Å². The zero-order chi connectivity index (χ0) is 14.0. The lowest BCUT2D eigenvalue weighted by molar-refractivity contribution is -0.384. The van der Waals surface area contributed by atoms with Crippen molar-refractivity contribution in [3.63, 3.8) is 0 Å². The summed E-state index contributed by atoms with van der Waals surface area (Å²) < 4.78 is 0.881. The molecule has 2 aromatic rings. The lowest BCUT2D eigenvalue weighted by Crippen LogP contribution is -2.01. The molecule has 0 saturated heterocycles. The van der Waals surface area contributed by atoms with Crippen LogP contribution in [0.3, 0.4) is 0 Å². The van der Waals surface area contributed by atoms with Crippen molar-refractivity contribution < 1.29 is 4.92 Å². The first-order valence-electron chi connectivity index (χ1n) is 5.41. The van der Waals surface area contributed by atoms with Crippen molar-refractivity contribution in [1.82, 2.24) is 4.98 Å². The predicted molar refractivity (Wildman–Crippen MR) is 77.5 cm³/mol. The van der Waals surface area contributed by atoms with Crippen LogP contribution in [0.15, 0.2) is 34.8 Å². The number of nitrogens with zero attached hydrogens (tertiary/aromatic N) is 2. The highest BCUT2D eigenvalue weighted by Gasteiger charge is 2.13. The molecule has 0 saturated carbocycles. The molecular weight excluding hydrogens is 312 g/mol. The Morgan fingerprint density at radius 2 is 2.11 bits per heavy atom. The molecule has 19 heavy (non-hydrogen) atoms. The number of halogens is 1. The minimum absolute atomic E-state index is 0.113. The van der Waals surface area contributed by atoms with Gasteiger partial charge >= 0.3 is 5.69 Å². The molecule has 1 aromatic heterocycles. The van der Waals surface area contributed by atoms with Crippen molar-refractivity contribution in [3.8, 4) is 0 Å². The number of aryl methyl sites for hydroxylation is 1. The van der Waals surface area contributed by atoms with E-state index in [1.807, 2.05) is 25.1 Å². The Labute approximate surface area is 117 Å². The van der Waals surface area contributed by atoms with E-state index in [1.54, 1.807) is 0 Å². The number of nitrogen functional groups attached to an aromatic ring is 1. The van der Waals surface area contributed by atoms with E-state index in [9.17, 15) is 10.1 Å². The largest absolute Gasteiger partial charge is 0.378 e. The molecule has 0 atom stereocenters. The van der Waals surface area contributed by atoms with E-state index in [2.05, 4.69) is 26.2 Å². The molecule has 0 aliphatic heterocycles. The number of rotatable bonds is 3. The van der Waals surface area contributed by atoms with Gasteiger partial charge < -0.3 is 11.1 Å². The first-order valence-corrected chi connectivity index (χ1v) is 6.21. The first-order chi connectivity index (χ1) is 8.97. The molecule has 0 amide bonds. The SMILES string of the molecule is Cc1ccc(Nc2ccc([N+](=O)[O-])c(N)n2)c(Br)c1. The third-order valence-electron chi connectivity index (χ3n) is 2.49. The summed E-state index contributed by atoms with van der Waals surface area (Å²) in [5.74, 6) is 0.339. The van der Waals surface area contributed by atoms with Gasteiger partial charge in [-0.25, -0.2) is 4.98 Å². The number of aromatic nitrogens is 1. The van der Waals surface area contributed by atoms with E-state index in [0.717, 1.165) is 15.7 Å². The van der Waals surface area contributed by atoms with E-state index in [0.29, 0.717) is 5.82 Å². The summed E-state index contributed by atoms with van der Waals surface area (Å²) in [5.41, 5.74) is 7.26. The van der Waals surface area contributed by atoms with E-state index in [1.165, 1.54) is 12.1 Å². The maximum atomic E-state index is 10.6. The Morgan fingerprint density at radius 1 is 1.37 bits per heavy atom. The minimum Gasteiger partial charge on any atom is -0.378 e. The van der Waals surface area contributed by atoms with Gasteiger partial charge in [0.25, 0.3) is 0 Å². The molecule has 0 unspecified atom stereocenters. The summed E-state index contributed by atoms with van der Waals surface area (Å²) in [7, 11) is 0. The van der Waals surface area contributed by atoms with E-state index < -0.39 is 4.92 Å². The Bertz CT molecular complexity index is 646. The van der Waals surface area contributed by atoms with Crippen LogP contribution in [0.25, 0.3) is 0 Å². The third kappa shape index (κ3) is 3.00. The molecule has 2 rings (SSSR count). The first kappa shape index (κ1) is 13.3. The Balaban J connectivity index is 2.29. The molecule has 0 aliphatic rings. The van der Waals surface area contributed by atoms with Crippen molar-refractivity contribution in [3.05, 3.63) is 50.5 Å². The molecule has 0 fully saturated rings. The normalized spacial score (nSPS) is 10.2. The van der Waals surface area contributed by atoms with Gasteiger partial charge in [0.15, 0.2) is 0 Å². The zero-order valence-electron chi connectivity index (χ0n) is 10.1. The number of nitrogens with two attached hydrogens (primary N) is 1. The van der Waals surface area contributed by atoms with Crippen LogP contribution in [0.5, 0.6) is 0 Å². The van der Waals surface area contributed by atoms with Gasteiger partial charge in [0, 0.05) is 10.5 Å². The zero-order valence-corrected chi connectivity index (χ0v) is 11.6. The predicted octanol–water partition coefficient (Wildman–Crippen LogP) is 3.39. The van der Waals surface area contributed by atoms with Crippen LogP contribution >= 0.6 is 15.9 Å². The molecule has 1 heterocycles. The molecule has 0 radical (unpaired) electrons. The minimum atomic E-state index is -0.562. The van der Waals surface area contributed by atoms with Gasteiger partial charge in [-0.15, -0.1) is 0 Å². The quantitative estimate of drug-likeness (QED) is 0.667. The van der Waals surface area contributed by atoms with Gasteiger partial charge in [0.05, 0.1) is 10.6 Å². The Morgan fingerprint density at radius 3 is 2.68 bits per heavy atom. The molecule has 0 spiro atoms. The van der Waals surface area contributed by atoms with Crippen molar-refractivity contribution in [2.45, 2.75) is 6.92 Å². The molecule has 0 bridgehead atoms. The summed E-state index contributed by atoms with van der Waals surface area (Å²) in [5, 5.41) is 13.7. The molecular formula is C12H11BrN4O2. The number of nitrogens with one attached hydrogen (secondary N) is 1. The summed E-state index contributed by atoms with van der Waals surface area (Å²) in [6.07, 6.45) is 0. The second kappa shape index (κ2) is 5.23. The third-order valence-corrected chi connectivity index (χ3v) is 3.14. The number of benzene rings is 1. The van der Waals surface area contributed by atoms with Crippen molar-refractivity contribution in [2.75, 3.05) is 11.1 Å². The fraction of sp³-hybridized carbons (Fsp3) is 0.0833. The maximum absolute atomic E-state index is 10.6. The molecule has 98 valence electrons. The van der Waals surface area contributed by atoms with Crippen LogP contribution in [0.2, 0.25) is 0 Å². The molecule has 3 N–H and O–H groups in total. The van der Waals surface area contributed by atoms with Gasteiger partial charge in [-0.2, -0.15) is 0 Å². The van der Waals surface area contributed by atoms with E-state index in [4.69, 9.17) is 5.73 Å². The van der Waals surface area contributed by atoms with Crippen molar-refractivity contribution >= 4 is 38.9 Å². The number of hydrogen-bond acceptors (Lipinski definition) is 5. The Hall–Kier alpha value is -2.15. The van der Waals surface area contributed by atoms with Crippen LogP contribution < -0.4 is 11.1 Å². The number of pyridine rings is 1. The van der Waals surface area contributed by atoms with E-state index in [-0.39, 0.29) is 11.5 Å². The monoisotopic (exact) mass is 322 g/mol. The van der Waals surface area contributed by atoms with Crippen molar-refractivity contribution in [1.29, 1.82) is 0 Å². The number of hydrogen-bond donors (Lipinski definition) is 2. The van der Waals surface area contributed by atoms with Gasteiger partial charge in [-0.1, -0.05) is 6.07 Å². The highest BCUT2D eigenvalue weighted by Crippen LogP contribution is 2.28. The second-order valence-electron chi connectivity index (χ2n) is 3.97. The number of anilines is 3. The van der Waals surface area contributed by atoms with Crippen LogP contribution in [0.4, 0.5) is 23.0 Å². The Kier molecular flexibility index (Phi) is 3.66. The average Bonchev–Trinajstić information content (AvgIpc) is 2.32. The van der Waals surface area contributed by atoms with Gasteiger partial charge in [0.1, 0.15) is 5.82 Å². The highest BCUT2D eigenvalue weighted by molar-refractivity contribution is 9.10. The van der Waals surface area contributed by atoms with Crippen LogP contribution in [-0.2, 0) is 0 Å². The van der Waals surface area contributed by atoms with Crippen LogP contribution in [-0.4, -0.2) is 9.91 Å². The average molecular weight is 323 g/mol. The van der Waals surface area contributed by atoms with Gasteiger partial charge in [-0.05, 0) is 46.6 Å². The fourth-order valence-electron chi connectivity index (χ4n) is 1.55. The molecule has 6 nitrogen and oxygen atoms in total. The molecule has 7 heteroatoms. The molecule has 0 aliphatic carbocycles.